The first-order valence-corrected chi connectivity index (χ1v) is 6.56. The van der Waals surface area contributed by atoms with Gasteiger partial charge in [0.05, 0.1) is 0 Å². The second-order valence-electron chi connectivity index (χ2n) is 3.58. The van der Waals surface area contributed by atoms with Crippen LogP contribution in [0.1, 0.15) is 12.8 Å². The molecule has 1 amide bonds. The number of amides is 1. The molecule has 0 aromatic carbocycles. The van der Waals surface area contributed by atoms with Gasteiger partial charge >= 0.3 is 0 Å². The molecule has 3 N–H and O–H groups in total. The molecule has 0 aliphatic carbocycles. The van der Waals surface area contributed by atoms with Crippen molar-refractivity contribution in [1.82, 2.24) is 9.62 Å². The molecule has 0 saturated carbocycles. The molecule has 1 rings (SSSR count). The van der Waals surface area contributed by atoms with Crippen LogP contribution in [0, 0.1) is 0 Å². The topological polar surface area (TPSA) is 92.5 Å². The van der Waals surface area contributed by atoms with Crippen LogP contribution in [0.3, 0.4) is 0 Å². The highest BCUT2D eigenvalue weighted by Gasteiger charge is 2.29. The SMILES string of the molecule is CNS(=O)(=O)CC(=O)N1CCCC1CN. The number of nitrogens with two attached hydrogens (primary N) is 1. The quantitative estimate of drug-likeness (QED) is 0.619. The van der Waals surface area contributed by atoms with E-state index in [1.54, 1.807) is 4.90 Å². The van der Waals surface area contributed by atoms with Gasteiger partial charge in [0.2, 0.25) is 15.9 Å². The van der Waals surface area contributed by atoms with E-state index in [2.05, 4.69) is 4.72 Å². The minimum atomic E-state index is -3.47. The standard InChI is InChI=1S/C8H17N3O3S/c1-10-15(13,14)6-8(12)11-4-2-3-7(11)5-9/h7,10H,2-6,9H2,1H3. The molecule has 7 heteroatoms. The van der Waals surface area contributed by atoms with Crippen molar-refractivity contribution in [3.63, 3.8) is 0 Å². The Hall–Kier alpha value is -0.660. The number of sulfonamides is 1. The van der Waals surface area contributed by atoms with Crippen LogP contribution >= 0.6 is 0 Å². The van der Waals surface area contributed by atoms with E-state index < -0.39 is 15.8 Å². The van der Waals surface area contributed by atoms with E-state index in [4.69, 9.17) is 5.73 Å². The Kier molecular flexibility index (Phi) is 4.06. The van der Waals surface area contributed by atoms with Crippen LogP contribution in [0.15, 0.2) is 0 Å². The molecular weight excluding hydrogens is 218 g/mol. The van der Waals surface area contributed by atoms with Crippen LogP contribution in [0.5, 0.6) is 0 Å². The highest BCUT2D eigenvalue weighted by atomic mass is 32.2. The van der Waals surface area contributed by atoms with Gasteiger partial charge in [-0.3, -0.25) is 4.79 Å². The van der Waals surface area contributed by atoms with E-state index in [9.17, 15) is 13.2 Å². The molecule has 0 aromatic heterocycles. The Morgan fingerprint density at radius 1 is 1.60 bits per heavy atom. The van der Waals surface area contributed by atoms with E-state index in [0.717, 1.165) is 12.8 Å². The molecule has 0 bridgehead atoms. The first kappa shape index (κ1) is 12.4. The molecule has 6 nitrogen and oxygen atoms in total. The summed E-state index contributed by atoms with van der Waals surface area (Å²) in [7, 11) is -2.17. The van der Waals surface area contributed by atoms with Crippen molar-refractivity contribution in [2.24, 2.45) is 5.73 Å². The van der Waals surface area contributed by atoms with Crippen molar-refractivity contribution in [2.45, 2.75) is 18.9 Å². The molecule has 1 aliphatic rings. The number of nitrogens with zero attached hydrogens (tertiary/aromatic N) is 1. The number of hydrogen-bond acceptors (Lipinski definition) is 4. The Bertz CT molecular complexity index is 328. The molecule has 88 valence electrons. The Balaban J connectivity index is 2.61. The maximum atomic E-state index is 11.6. The fourth-order valence-electron chi connectivity index (χ4n) is 1.73. The van der Waals surface area contributed by atoms with Crippen molar-refractivity contribution >= 4 is 15.9 Å². The van der Waals surface area contributed by atoms with Crippen molar-refractivity contribution in [1.29, 1.82) is 0 Å². The second kappa shape index (κ2) is 4.91. The maximum absolute atomic E-state index is 11.6. The summed E-state index contributed by atoms with van der Waals surface area (Å²) in [6.45, 7) is 1.01. The zero-order valence-electron chi connectivity index (χ0n) is 8.77. The third kappa shape index (κ3) is 3.15. The minimum absolute atomic E-state index is 0.00422. The van der Waals surface area contributed by atoms with Gasteiger partial charge in [0.25, 0.3) is 0 Å². The molecule has 1 aliphatic heterocycles. The lowest BCUT2D eigenvalue weighted by Crippen LogP contribution is -2.44. The lowest BCUT2D eigenvalue weighted by molar-refractivity contribution is -0.129. The summed E-state index contributed by atoms with van der Waals surface area (Å²) < 4.78 is 24.5. The molecule has 0 aromatic rings. The maximum Gasteiger partial charge on any atom is 0.239 e. The monoisotopic (exact) mass is 235 g/mol. The van der Waals surface area contributed by atoms with Gasteiger partial charge in [-0.25, -0.2) is 13.1 Å². The summed E-state index contributed by atoms with van der Waals surface area (Å²) >= 11 is 0. The molecule has 1 atom stereocenters. The van der Waals surface area contributed by atoms with Crippen LogP contribution in [0.2, 0.25) is 0 Å². The summed E-state index contributed by atoms with van der Waals surface area (Å²) in [5, 5.41) is 0. The smallest absolute Gasteiger partial charge is 0.239 e. The lowest BCUT2D eigenvalue weighted by Gasteiger charge is -2.23. The van der Waals surface area contributed by atoms with Crippen molar-refractivity contribution in [2.75, 3.05) is 25.9 Å². The molecular formula is C8H17N3O3S. The lowest BCUT2D eigenvalue weighted by atomic mass is 10.2. The van der Waals surface area contributed by atoms with Gasteiger partial charge in [-0.1, -0.05) is 0 Å². The zero-order valence-corrected chi connectivity index (χ0v) is 9.59. The third-order valence-electron chi connectivity index (χ3n) is 2.59. The molecule has 15 heavy (non-hydrogen) atoms. The van der Waals surface area contributed by atoms with Gasteiger partial charge in [0.15, 0.2) is 0 Å². The average molecular weight is 235 g/mol. The van der Waals surface area contributed by atoms with Crippen molar-refractivity contribution < 1.29 is 13.2 Å². The van der Waals surface area contributed by atoms with Crippen LogP contribution in [-0.4, -0.2) is 51.2 Å². The predicted octanol–water partition coefficient (Wildman–Crippen LogP) is -1.51. The predicted molar refractivity (Wildman–Crippen MR) is 56.6 cm³/mol. The van der Waals surface area contributed by atoms with E-state index in [-0.39, 0.29) is 11.9 Å². The Morgan fingerprint density at radius 2 is 2.27 bits per heavy atom. The fourth-order valence-corrected chi connectivity index (χ4v) is 2.36. The van der Waals surface area contributed by atoms with Crippen LogP contribution < -0.4 is 10.5 Å². The number of rotatable bonds is 4. The van der Waals surface area contributed by atoms with Crippen molar-refractivity contribution in [3.05, 3.63) is 0 Å². The first-order valence-electron chi connectivity index (χ1n) is 4.91. The average Bonchev–Trinajstić information content (AvgIpc) is 2.64. The molecule has 1 saturated heterocycles. The summed E-state index contributed by atoms with van der Waals surface area (Å²) in [5.41, 5.74) is 5.50. The number of carbonyl (C=O) groups is 1. The number of carbonyl (C=O) groups excluding carboxylic acids is 1. The summed E-state index contributed by atoms with van der Waals surface area (Å²) in [4.78, 5) is 13.2. The molecule has 0 spiro atoms. The van der Waals surface area contributed by atoms with Gasteiger partial charge in [-0.05, 0) is 19.9 Å². The van der Waals surface area contributed by atoms with E-state index in [0.29, 0.717) is 13.1 Å². The highest BCUT2D eigenvalue weighted by molar-refractivity contribution is 7.90. The van der Waals surface area contributed by atoms with Gasteiger partial charge in [0.1, 0.15) is 5.75 Å². The summed E-state index contributed by atoms with van der Waals surface area (Å²) in [6, 6.07) is 0.00422. The Labute approximate surface area is 89.9 Å². The highest BCUT2D eigenvalue weighted by Crippen LogP contribution is 2.16. The summed E-state index contributed by atoms with van der Waals surface area (Å²) in [6.07, 6.45) is 1.76. The Morgan fingerprint density at radius 3 is 2.80 bits per heavy atom. The van der Waals surface area contributed by atoms with Gasteiger partial charge in [-0.15, -0.1) is 0 Å². The zero-order chi connectivity index (χ0) is 11.5. The molecule has 1 fully saturated rings. The first-order chi connectivity index (χ1) is 7.00. The van der Waals surface area contributed by atoms with Gasteiger partial charge in [-0.2, -0.15) is 0 Å². The number of hydrogen-bond donors (Lipinski definition) is 2. The number of nitrogens with one attached hydrogen (secondary N) is 1. The largest absolute Gasteiger partial charge is 0.338 e. The third-order valence-corrected chi connectivity index (χ3v) is 3.84. The van der Waals surface area contributed by atoms with Crippen molar-refractivity contribution in [3.8, 4) is 0 Å². The van der Waals surface area contributed by atoms with Gasteiger partial charge < -0.3 is 10.6 Å². The van der Waals surface area contributed by atoms with Crippen LogP contribution in [0.4, 0.5) is 0 Å². The van der Waals surface area contributed by atoms with Crippen LogP contribution in [-0.2, 0) is 14.8 Å². The van der Waals surface area contributed by atoms with E-state index in [1.165, 1.54) is 7.05 Å². The fraction of sp³-hybridized carbons (Fsp3) is 0.875. The van der Waals surface area contributed by atoms with E-state index in [1.807, 2.05) is 0 Å². The molecule has 1 heterocycles. The normalized spacial score (nSPS) is 22.0. The van der Waals surface area contributed by atoms with E-state index >= 15 is 0 Å². The molecule has 0 radical (unpaired) electrons. The second-order valence-corrected chi connectivity index (χ2v) is 5.51. The van der Waals surface area contributed by atoms with Crippen LogP contribution in [0.25, 0.3) is 0 Å². The van der Waals surface area contributed by atoms with Gasteiger partial charge in [0, 0.05) is 19.1 Å². The summed E-state index contributed by atoms with van der Waals surface area (Å²) in [5.74, 6) is -0.850. The minimum Gasteiger partial charge on any atom is -0.338 e. The number of likely N-dealkylation sites (tertiary alicyclic amines) is 1. The molecule has 1 unspecified atom stereocenters.